The molecule has 1 fully saturated rings. The zero-order chi connectivity index (χ0) is 15.2. The molecule has 6 nitrogen and oxygen atoms in total. The molecule has 1 aromatic heterocycles. The zero-order valence-electron chi connectivity index (χ0n) is 13.5. The third-order valence-corrected chi connectivity index (χ3v) is 3.24. The Bertz CT molecular complexity index is 477. The van der Waals surface area contributed by atoms with Crippen LogP contribution in [-0.2, 0) is 11.3 Å². The van der Waals surface area contributed by atoms with E-state index in [0.29, 0.717) is 12.5 Å². The summed E-state index contributed by atoms with van der Waals surface area (Å²) in [5, 5.41) is 3.07. The van der Waals surface area contributed by atoms with Gasteiger partial charge in [-0.25, -0.2) is 9.98 Å². The van der Waals surface area contributed by atoms with Gasteiger partial charge in [0.25, 0.3) is 0 Å². The molecule has 22 heavy (non-hydrogen) atoms. The largest absolute Gasteiger partial charge is 0.375 e. The first-order valence-corrected chi connectivity index (χ1v) is 7.42. The molecule has 3 N–H and O–H groups in total. The zero-order valence-corrected chi connectivity index (χ0v) is 15.8. The number of halogens is 1. The molecule has 1 aromatic rings. The molecule has 0 bridgehead atoms. The van der Waals surface area contributed by atoms with Crippen LogP contribution in [0.25, 0.3) is 0 Å². The number of ether oxygens (including phenoxy) is 1. The third-order valence-electron chi connectivity index (χ3n) is 3.24. The van der Waals surface area contributed by atoms with Gasteiger partial charge in [-0.05, 0) is 32.4 Å². The quantitative estimate of drug-likeness (QED) is 0.442. The molecule has 1 aliphatic heterocycles. The minimum atomic E-state index is 0. The smallest absolute Gasteiger partial charge is 0.189 e. The maximum atomic E-state index is 5.78. The van der Waals surface area contributed by atoms with Gasteiger partial charge in [0, 0.05) is 25.3 Å². The van der Waals surface area contributed by atoms with Crippen LogP contribution in [0.3, 0.4) is 0 Å². The minimum Gasteiger partial charge on any atom is -0.375 e. The van der Waals surface area contributed by atoms with Crippen LogP contribution in [0.1, 0.15) is 26.3 Å². The first-order valence-electron chi connectivity index (χ1n) is 7.42. The van der Waals surface area contributed by atoms with E-state index in [0.717, 1.165) is 31.1 Å². The number of nitrogens with zero attached hydrogens (tertiary/aromatic N) is 3. The molecule has 2 rings (SSSR count). The summed E-state index contributed by atoms with van der Waals surface area (Å²) in [5.41, 5.74) is 6.83. The molecule has 7 heteroatoms. The van der Waals surface area contributed by atoms with Crippen molar-refractivity contribution in [1.82, 2.24) is 10.3 Å². The molecular formula is C15H26IN5O. The summed E-state index contributed by atoms with van der Waals surface area (Å²) in [7, 11) is 0. The van der Waals surface area contributed by atoms with Gasteiger partial charge in [0.05, 0.1) is 19.3 Å². The van der Waals surface area contributed by atoms with Gasteiger partial charge < -0.3 is 20.7 Å². The van der Waals surface area contributed by atoms with Crippen LogP contribution in [0.2, 0.25) is 0 Å². The molecular weight excluding hydrogens is 393 g/mol. The van der Waals surface area contributed by atoms with Crippen molar-refractivity contribution >= 4 is 35.8 Å². The van der Waals surface area contributed by atoms with Crippen molar-refractivity contribution in [3.05, 3.63) is 23.9 Å². The Kier molecular flexibility index (Phi) is 7.88. The highest BCUT2D eigenvalue weighted by Crippen LogP contribution is 2.15. The van der Waals surface area contributed by atoms with Crippen LogP contribution in [0, 0.1) is 0 Å². The Morgan fingerprint density at radius 1 is 1.55 bits per heavy atom. The topological polar surface area (TPSA) is 75.8 Å². The van der Waals surface area contributed by atoms with Crippen molar-refractivity contribution in [1.29, 1.82) is 0 Å². The van der Waals surface area contributed by atoms with E-state index in [1.165, 1.54) is 0 Å². The molecule has 0 amide bonds. The molecule has 0 aromatic carbocycles. The number of guanidine groups is 1. The van der Waals surface area contributed by atoms with Crippen molar-refractivity contribution in [2.75, 3.05) is 24.6 Å². The molecule has 1 saturated heterocycles. The number of nitrogens with one attached hydrogen (secondary N) is 1. The van der Waals surface area contributed by atoms with Crippen LogP contribution < -0.4 is 16.0 Å². The van der Waals surface area contributed by atoms with E-state index in [-0.39, 0.29) is 36.1 Å². The Labute approximate surface area is 149 Å². The monoisotopic (exact) mass is 419 g/mol. The van der Waals surface area contributed by atoms with Crippen LogP contribution in [0.5, 0.6) is 0 Å². The van der Waals surface area contributed by atoms with Crippen molar-refractivity contribution < 1.29 is 4.74 Å². The van der Waals surface area contributed by atoms with Crippen LogP contribution >= 0.6 is 24.0 Å². The Morgan fingerprint density at radius 2 is 2.32 bits per heavy atom. The van der Waals surface area contributed by atoms with Crippen molar-refractivity contribution in [3.63, 3.8) is 0 Å². The molecule has 0 saturated carbocycles. The first-order chi connectivity index (χ1) is 10.0. The average Bonchev–Trinajstić information content (AvgIpc) is 2.45. The fraction of sp³-hybridized carbons (Fsp3) is 0.600. The highest BCUT2D eigenvalue weighted by atomic mass is 127. The van der Waals surface area contributed by atoms with E-state index in [2.05, 4.69) is 33.2 Å². The summed E-state index contributed by atoms with van der Waals surface area (Å²) in [4.78, 5) is 11.1. The molecule has 0 aliphatic carbocycles. The maximum absolute atomic E-state index is 5.78. The number of morpholine rings is 1. The van der Waals surface area contributed by atoms with Crippen LogP contribution in [0.4, 0.5) is 5.82 Å². The lowest BCUT2D eigenvalue weighted by atomic mass is 10.2. The fourth-order valence-corrected chi connectivity index (χ4v) is 2.24. The SMILES string of the molecule is CC(C)NC(N)=NCc1ccc(N2CCOC(C)C2)nc1.I. The van der Waals surface area contributed by atoms with E-state index in [1.54, 1.807) is 0 Å². The first kappa shape index (κ1) is 19.0. The Hall–Kier alpha value is -1.09. The van der Waals surface area contributed by atoms with Gasteiger partial charge >= 0.3 is 0 Å². The predicted octanol–water partition coefficient (Wildman–Crippen LogP) is 1.74. The molecule has 1 atom stereocenters. The number of anilines is 1. The van der Waals surface area contributed by atoms with E-state index in [1.807, 2.05) is 26.1 Å². The number of aliphatic imine (C=N–C) groups is 1. The summed E-state index contributed by atoms with van der Waals surface area (Å²) in [6, 6.07) is 4.38. The van der Waals surface area contributed by atoms with E-state index in [9.17, 15) is 0 Å². The standard InChI is InChI=1S/C15H25N5O.HI/c1-11(2)19-15(16)18-9-13-4-5-14(17-8-13)20-6-7-21-12(3)10-20;/h4-5,8,11-12H,6-7,9-10H2,1-3H3,(H3,16,18,19);1H. The van der Waals surface area contributed by atoms with Gasteiger partial charge in [0.2, 0.25) is 0 Å². The van der Waals surface area contributed by atoms with Crippen molar-refractivity contribution in [3.8, 4) is 0 Å². The molecule has 0 radical (unpaired) electrons. The number of rotatable bonds is 4. The number of nitrogens with two attached hydrogens (primary N) is 1. The summed E-state index contributed by atoms with van der Waals surface area (Å²) < 4.78 is 5.54. The second-order valence-electron chi connectivity index (χ2n) is 5.65. The van der Waals surface area contributed by atoms with E-state index >= 15 is 0 Å². The lowest BCUT2D eigenvalue weighted by Crippen LogP contribution is -2.41. The highest BCUT2D eigenvalue weighted by Gasteiger charge is 2.17. The van der Waals surface area contributed by atoms with Gasteiger partial charge in [0.1, 0.15) is 5.82 Å². The number of aromatic nitrogens is 1. The Balaban J connectivity index is 0.00000242. The lowest BCUT2D eigenvalue weighted by Gasteiger charge is -2.32. The molecule has 124 valence electrons. The lowest BCUT2D eigenvalue weighted by molar-refractivity contribution is 0.0529. The molecule has 1 aliphatic rings. The fourth-order valence-electron chi connectivity index (χ4n) is 2.24. The van der Waals surface area contributed by atoms with E-state index < -0.39 is 0 Å². The van der Waals surface area contributed by atoms with Gasteiger partial charge in [0.15, 0.2) is 5.96 Å². The number of pyridine rings is 1. The van der Waals surface area contributed by atoms with E-state index in [4.69, 9.17) is 10.5 Å². The van der Waals surface area contributed by atoms with Gasteiger partial charge in [-0.15, -0.1) is 24.0 Å². The summed E-state index contributed by atoms with van der Waals surface area (Å²) in [6.45, 7) is 9.21. The second-order valence-corrected chi connectivity index (χ2v) is 5.65. The summed E-state index contributed by atoms with van der Waals surface area (Å²) in [5.74, 6) is 1.46. The molecule has 2 heterocycles. The summed E-state index contributed by atoms with van der Waals surface area (Å²) >= 11 is 0. The minimum absolute atomic E-state index is 0. The van der Waals surface area contributed by atoms with Crippen molar-refractivity contribution in [2.24, 2.45) is 10.7 Å². The van der Waals surface area contributed by atoms with Gasteiger partial charge in [-0.2, -0.15) is 0 Å². The number of hydrogen-bond acceptors (Lipinski definition) is 4. The number of hydrogen-bond donors (Lipinski definition) is 2. The molecule has 0 spiro atoms. The Morgan fingerprint density at radius 3 is 2.91 bits per heavy atom. The van der Waals surface area contributed by atoms with Crippen LogP contribution in [-0.4, -0.2) is 42.8 Å². The maximum Gasteiger partial charge on any atom is 0.189 e. The highest BCUT2D eigenvalue weighted by molar-refractivity contribution is 14.0. The average molecular weight is 419 g/mol. The van der Waals surface area contributed by atoms with Gasteiger partial charge in [-0.3, -0.25) is 0 Å². The van der Waals surface area contributed by atoms with Crippen molar-refractivity contribution in [2.45, 2.75) is 39.5 Å². The van der Waals surface area contributed by atoms with Gasteiger partial charge in [-0.1, -0.05) is 6.07 Å². The normalized spacial score (nSPS) is 19.0. The third kappa shape index (κ3) is 5.96. The predicted molar refractivity (Wildman–Crippen MR) is 101 cm³/mol. The second kappa shape index (κ2) is 9.14. The van der Waals surface area contributed by atoms with Crippen LogP contribution in [0.15, 0.2) is 23.3 Å². The summed E-state index contributed by atoms with van der Waals surface area (Å²) in [6.07, 6.45) is 2.12. The molecule has 1 unspecified atom stereocenters.